The predicted molar refractivity (Wildman–Crippen MR) is 70.5 cm³/mol. The van der Waals surface area contributed by atoms with Gasteiger partial charge in [-0.05, 0) is 25.0 Å². The molecular weight excluding hydrogens is 246 g/mol. The monoisotopic (exact) mass is 265 g/mol. The van der Waals surface area contributed by atoms with Crippen LogP contribution in [-0.4, -0.2) is 27.5 Å². The molecule has 0 fully saturated rings. The second-order valence-electron chi connectivity index (χ2n) is 4.71. The molecule has 1 unspecified atom stereocenters. The first-order valence-electron chi connectivity index (χ1n) is 6.12. The highest BCUT2D eigenvalue weighted by molar-refractivity contribution is 5.86. The van der Waals surface area contributed by atoms with Gasteiger partial charge in [-0.1, -0.05) is 19.4 Å². The molecule has 6 nitrogen and oxygen atoms in total. The summed E-state index contributed by atoms with van der Waals surface area (Å²) in [6, 6.07) is 3.02. The van der Waals surface area contributed by atoms with Crippen molar-refractivity contribution in [1.82, 2.24) is 10.3 Å². The molecule has 0 saturated heterocycles. The zero-order valence-electron chi connectivity index (χ0n) is 11.1. The molecule has 0 bridgehead atoms. The summed E-state index contributed by atoms with van der Waals surface area (Å²) in [7, 11) is 0. The van der Waals surface area contributed by atoms with Crippen LogP contribution in [0.3, 0.4) is 0 Å². The predicted octanol–water partition coefficient (Wildman–Crippen LogP) is 0.913. The van der Waals surface area contributed by atoms with Gasteiger partial charge in [0.25, 0.3) is 0 Å². The smallest absolute Gasteiger partial charge is 0.354 e. The number of aromatic nitrogens is 1. The van der Waals surface area contributed by atoms with Gasteiger partial charge in [0.2, 0.25) is 5.91 Å². The third kappa shape index (κ3) is 4.33. The molecule has 19 heavy (non-hydrogen) atoms. The quantitative estimate of drug-likeness (QED) is 0.709. The number of amides is 1. The fourth-order valence-electron chi connectivity index (χ4n) is 1.67. The summed E-state index contributed by atoms with van der Waals surface area (Å²) in [6.07, 6.45) is 2.86. The summed E-state index contributed by atoms with van der Waals surface area (Å²) in [5.74, 6) is -1.30. The summed E-state index contributed by atoms with van der Waals surface area (Å²) >= 11 is 0. The van der Waals surface area contributed by atoms with Crippen molar-refractivity contribution in [2.45, 2.75) is 38.8 Å². The van der Waals surface area contributed by atoms with Crippen LogP contribution in [0.5, 0.6) is 0 Å². The number of nitrogens with one attached hydrogen (secondary N) is 1. The maximum absolute atomic E-state index is 11.9. The number of nitrogens with zero attached hydrogens (tertiary/aromatic N) is 1. The van der Waals surface area contributed by atoms with E-state index in [2.05, 4.69) is 10.3 Å². The molecule has 1 atom stereocenters. The normalized spacial score (nSPS) is 13.6. The van der Waals surface area contributed by atoms with Crippen molar-refractivity contribution in [1.29, 1.82) is 0 Å². The average molecular weight is 265 g/mol. The van der Waals surface area contributed by atoms with Crippen LogP contribution in [0.1, 0.15) is 42.7 Å². The Kier molecular flexibility index (Phi) is 5.00. The minimum Gasteiger partial charge on any atom is -0.477 e. The Labute approximate surface area is 112 Å². The van der Waals surface area contributed by atoms with Gasteiger partial charge in [-0.2, -0.15) is 0 Å². The van der Waals surface area contributed by atoms with Crippen LogP contribution in [0.15, 0.2) is 18.3 Å². The van der Waals surface area contributed by atoms with Crippen LogP contribution in [0, 0.1) is 0 Å². The van der Waals surface area contributed by atoms with Gasteiger partial charge in [0, 0.05) is 12.7 Å². The van der Waals surface area contributed by atoms with Gasteiger partial charge in [-0.3, -0.25) is 4.79 Å². The van der Waals surface area contributed by atoms with Crippen molar-refractivity contribution in [3.63, 3.8) is 0 Å². The number of carboxylic acid groups (broad SMARTS) is 1. The van der Waals surface area contributed by atoms with Crippen molar-refractivity contribution in [3.05, 3.63) is 29.6 Å². The van der Waals surface area contributed by atoms with Crippen LogP contribution in [-0.2, 0) is 11.3 Å². The zero-order valence-corrected chi connectivity index (χ0v) is 11.1. The highest BCUT2D eigenvalue weighted by Crippen LogP contribution is 2.09. The van der Waals surface area contributed by atoms with E-state index in [0.717, 1.165) is 12.0 Å². The molecule has 0 aliphatic carbocycles. The Hall–Kier alpha value is -1.95. The van der Waals surface area contributed by atoms with E-state index in [4.69, 9.17) is 10.8 Å². The van der Waals surface area contributed by atoms with Gasteiger partial charge in [0.1, 0.15) is 5.69 Å². The summed E-state index contributed by atoms with van der Waals surface area (Å²) in [5, 5.41) is 11.4. The average Bonchev–Trinajstić information content (AvgIpc) is 2.36. The van der Waals surface area contributed by atoms with Crippen molar-refractivity contribution in [2.75, 3.05) is 0 Å². The molecule has 0 aliphatic rings. The van der Waals surface area contributed by atoms with E-state index in [0.29, 0.717) is 6.42 Å². The lowest BCUT2D eigenvalue weighted by Crippen LogP contribution is -2.51. The van der Waals surface area contributed by atoms with Gasteiger partial charge >= 0.3 is 5.97 Å². The van der Waals surface area contributed by atoms with E-state index in [-0.39, 0.29) is 18.1 Å². The third-order valence-corrected chi connectivity index (χ3v) is 2.78. The number of pyridine rings is 1. The summed E-state index contributed by atoms with van der Waals surface area (Å²) < 4.78 is 0. The number of carboxylic acids is 1. The molecule has 1 amide bonds. The number of aromatic carboxylic acids is 1. The van der Waals surface area contributed by atoms with Crippen LogP contribution in [0.25, 0.3) is 0 Å². The maximum atomic E-state index is 11.9. The molecule has 1 rings (SSSR count). The minimum absolute atomic E-state index is 0.0234. The summed E-state index contributed by atoms with van der Waals surface area (Å²) in [5.41, 5.74) is 5.71. The third-order valence-electron chi connectivity index (χ3n) is 2.78. The molecular formula is C13H19N3O3. The van der Waals surface area contributed by atoms with Crippen molar-refractivity contribution < 1.29 is 14.7 Å². The highest BCUT2D eigenvalue weighted by Gasteiger charge is 2.26. The number of hydrogen-bond acceptors (Lipinski definition) is 4. The van der Waals surface area contributed by atoms with Gasteiger partial charge in [0.05, 0.1) is 5.54 Å². The molecule has 0 aromatic carbocycles. The SMILES string of the molecule is CCCC(C)(N)C(=O)NCc1ccc(C(=O)O)nc1. The van der Waals surface area contributed by atoms with Gasteiger partial charge in [-0.25, -0.2) is 9.78 Å². The first kappa shape index (κ1) is 15.1. The van der Waals surface area contributed by atoms with Crippen molar-refractivity contribution >= 4 is 11.9 Å². The van der Waals surface area contributed by atoms with Crippen molar-refractivity contribution in [3.8, 4) is 0 Å². The second kappa shape index (κ2) is 6.29. The Morgan fingerprint density at radius 2 is 2.16 bits per heavy atom. The fourth-order valence-corrected chi connectivity index (χ4v) is 1.67. The fraction of sp³-hybridized carbons (Fsp3) is 0.462. The van der Waals surface area contributed by atoms with Gasteiger partial charge in [0.15, 0.2) is 0 Å². The standard InChI is InChI=1S/C13H19N3O3/c1-3-6-13(2,14)12(19)16-8-9-4-5-10(11(17)18)15-7-9/h4-5,7H,3,6,8,14H2,1-2H3,(H,16,19)(H,17,18). The van der Waals surface area contributed by atoms with Crippen LogP contribution in [0.4, 0.5) is 0 Å². The van der Waals surface area contributed by atoms with E-state index in [1.807, 2.05) is 6.92 Å². The first-order chi connectivity index (χ1) is 8.86. The Morgan fingerprint density at radius 3 is 2.63 bits per heavy atom. The summed E-state index contributed by atoms with van der Waals surface area (Å²) in [6.45, 7) is 3.94. The van der Waals surface area contributed by atoms with E-state index in [1.54, 1.807) is 13.0 Å². The van der Waals surface area contributed by atoms with Gasteiger partial charge in [-0.15, -0.1) is 0 Å². The Balaban J connectivity index is 2.57. The molecule has 0 spiro atoms. The van der Waals surface area contributed by atoms with Crippen molar-refractivity contribution in [2.24, 2.45) is 5.73 Å². The molecule has 4 N–H and O–H groups in total. The molecule has 0 aliphatic heterocycles. The molecule has 0 radical (unpaired) electrons. The van der Waals surface area contributed by atoms with Gasteiger partial charge < -0.3 is 16.2 Å². The number of carbonyl (C=O) groups is 2. The molecule has 1 heterocycles. The lowest BCUT2D eigenvalue weighted by atomic mass is 9.96. The number of carbonyl (C=O) groups excluding carboxylic acids is 1. The molecule has 0 saturated carbocycles. The van der Waals surface area contributed by atoms with E-state index >= 15 is 0 Å². The first-order valence-corrected chi connectivity index (χ1v) is 6.12. The summed E-state index contributed by atoms with van der Waals surface area (Å²) in [4.78, 5) is 26.3. The molecule has 1 aromatic heterocycles. The number of rotatable bonds is 6. The maximum Gasteiger partial charge on any atom is 0.354 e. The molecule has 6 heteroatoms. The lowest BCUT2D eigenvalue weighted by Gasteiger charge is -2.22. The minimum atomic E-state index is -1.08. The number of hydrogen-bond donors (Lipinski definition) is 3. The van der Waals surface area contributed by atoms with E-state index in [1.165, 1.54) is 12.3 Å². The Bertz CT molecular complexity index is 455. The second-order valence-corrected chi connectivity index (χ2v) is 4.71. The highest BCUT2D eigenvalue weighted by atomic mass is 16.4. The Morgan fingerprint density at radius 1 is 1.47 bits per heavy atom. The van der Waals surface area contributed by atoms with Crippen LogP contribution < -0.4 is 11.1 Å². The van der Waals surface area contributed by atoms with Crippen LogP contribution in [0.2, 0.25) is 0 Å². The topological polar surface area (TPSA) is 105 Å². The largest absolute Gasteiger partial charge is 0.477 e. The molecule has 1 aromatic rings. The van der Waals surface area contributed by atoms with E-state index < -0.39 is 11.5 Å². The lowest BCUT2D eigenvalue weighted by molar-refractivity contribution is -0.126. The molecule has 104 valence electrons. The van der Waals surface area contributed by atoms with E-state index in [9.17, 15) is 9.59 Å². The van der Waals surface area contributed by atoms with Crippen LogP contribution >= 0.6 is 0 Å². The number of nitrogens with two attached hydrogens (primary N) is 1. The zero-order chi connectivity index (χ0) is 14.5.